The lowest BCUT2D eigenvalue weighted by Gasteiger charge is -2.02. The van der Waals surface area contributed by atoms with E-state index in [1.54, 1.807) is 6.07 Å². The van der Waals surface area contributed by atoms with E-state index in [0.717, 1.165) is 0 Å². The summed E-state index contributed by atoms with van der Waals surface area (Å²) in [6, 6.07) is 4.58. The molecule has 3 N–H and O–H groups in total. The number of halogens is 1. The van der Waals surface area contributed by atoms with Crippen LogP contribution < -0.4 is 5.73 Å². The lowest BCUT2D eigenvalue weighted by molar-refractivity contribution is 0.0696. The number of carbonyl (C=O) groups is 1. The highest BCUT2D eigenvalue weighted by molar-refractivity contribution is 9.10. The van der Waals surface area contributed by atoms with Gasteiger partial charge in [0, 0.05) is 4.47 Å². The fourth-order valence-corrected chi connectivity index (χ4v) is 1.40. The van der Waals surface area contributed by atoms with Gasteiger partial charge < -0.3 is 10.8 Å². The van der Waals surface area contributed by atoms with Crippen molar-refractivity contribution >= 4 is 27.6 Å². The van der Waals surface area contributed by atoms with Crippen LogP contribution in [0.5, 0.6) is 0 Å². The van der Waals surface area contributed by atoms with Gasteiger partial charge in [0.05, 0.1) is 16.8 Å². The molecule has 0 heterocycles. The van der Waals surface area contributed by atoms with Gasteiger partial charge in [0.15, 0.2) is 0 Å². The normalized spacial score (nSPS) is 9.23. The number of carboxylic acids is 1. The Labute approximate surface area is 82.7 Å². The minimum absolute atomic E-state index is 0.00398. The number of aromatic carboxylic acids is 1. The predicted molar refractivity (Wildman–Crippen MR) is 50.2 cm³/mol. The van der Waals surface area contributed by atoms with Crippen molar-refractivity contribution in [1.29, 1.82) is 5.26 Å². The molecular formula is C8H5BrN2O2. The summed E-state index contributed by atoms with van der Waals surface area (Å²) in [5.41, 5.74) is 5.52. The van der Waals surface area contributed by atoms with Crippen molar-refractivity contribution in [3.8, 4) is 6.07 Å². The summed E-state index contributed by atoms with van der Waals surface area (Å²) < 4.78 is 0.543. The van der Waals surface area contributed by atoms with Crippen molar-refractivity contribution in [3.05, 3.63) is 27.7 Å². The Bertz CT molecular complexity index is 409. The maximum Gasteiger partial charge on any atom is 0.337 e. The molecule has 0 spiro atoms. The van der Waals surface area contributed by atoms with E-state index >= 15 is 0 Å². The Morgan fingerprint density at radius 2 is 2.23 bits per heavy atom. The predicted octanol–water partition coefficient (Wildman–Crippen LogP) is 1.60. The molecule has 0 aliphatic heterocycles. The van der Waals surface area contributed by atoms with Crippen molar-refractivity contribution in [1.82, 2.24) is 0 Å². The third kappa shape index (κ3) is 1.79. The molecule has 5 heteroatoms. The molecular weight excluding hydrogens is 236 g/mol. The lowest BCUT2D eigenvalue weighted by Crippen LogP contribution is -2.03. The fraction of sp³-hybridized carbons (Fsp3) is 0. The van der Waals surface area contributed by atoms with Crippen LogP contribution in [0.4, 0.5) is 5.69 Å². The fourth-order valence-electron chi connectivity index (χ4n) is 0.921. The average molecular weight is 241 g/mol. The SMILES string of the molecule is N#Cc1c(N)cc(Br)cc1C(=O)O. The zero-order chi connectivity index (χ0) is 10.0. The summed E-state index contributed by atoms with van der Waals surface area (Å²) in [7, 11) is 0. The van der Waals surface area contributed by atoms with Crippen LogP contribution in [0, 0.1) is 11.3 Å². The molecule has 0 aliphatic carbocycles. The van der Waals surface area contributed by atoms with E-state index in [0.29, 0.717) is 4.47 Å². The minimum Gasteiger partial charge on any atom is -0.478 e. The summed E-state index contributed by atoms with van der Waals surface area (Å²) >= 11 is 3.09. The van der Waals surface area contributed by atoms with E-state index in [-0.39, 0.29) is 16.8 Å². The molecule has 0 amide bonds. The van der Waals surface area contributed by atoms with Gasteiger partial charge in [-0.1, -0.05) is 15.9 Å². The smallest absolute Gasteiger partial charge is 0.337 e. The van der Waals surface area contributed by atoms with Crippen LogP contribution in [0.15, 0.2) is 16.6 Å². The molecule has 0 radical (unpaired) electrons. The highest BCUT2D eigenvalue weighted by atomic mass is 79.9. The molecule has 0 bridgehead atoms. The number of rotatable bonds is 1. The first-order valence-electron chi connectivity index (χ1n) is 3.28. The topological polar surface area (TPSA) is 87.1 Å². The van der Waals surface area contributed by atoms with Gasteiger partial charge in [-0.25, -0.2) is 4.79 Å². The number of nitrogens with zero attached hydrogens (tertiary/aromatic N) is 1. The van der Waals surface area contributed by atoms with E-state index in [9.17, 15) is 4.79 Å². The number of nitrogens with two attached hydrogens (primary N) is 1. The first kappa shape index (κ1) is 9.55. The highest BCUT2D eigenvalue weighted by Crippen LogP contribution is 2.22. The van der Waals surface area contributed by atoms with Gasteiger partial charge >= 0.3 is 5.97 Å². The van der Waals surface area contributed by atoms with Crippen LogP contribution in [0.2, 0.25) is 0 Å². The Balaban J connectivity index is 3.50. The van der Waals surface area contributed by atoms with Crippen molar-refractivity contribution in [2.45, 2.75) is 0 Å². The van der Waals surface area contributed by atoms with Gasteiger partial charge in [0.25, 0.3) is 0 Å². The third-order valence-electron chi connectivity index (χ3n) is 1.48. The third-order valence-corrected chi connectivity index (χ3v) is 1.93. The number of nitrogen functional groups attached to an aromatic ring is 1. The van der Waals surface area contributed by atoms with E-state index in [4.69, 9.17) is 16.1 Å². The average Bonchev–Trinajstić information content (AvgIpc) is 2.02. The zero-order valence-corrected chi connectivity index (χ0v) is 8.00. The summed E-state index contributed by atoms with van der Waals surface area (Å²) in [5, 5.41) is 17.3. The number of anilines is 1. The quantitative estimate of drug-likeness (QED) is 0.731. The van der Waals surface area contributed by atoms with Crippen LogP contribution in [0.25, 0.3) is 0 Å². The van der Waals surface area contributed by atoms with Crippen molar-refractivity contribution < 1.29 is 9.90 Å². The van der Waals surface area contributed by atoms with Crippen LogP contribution >= 0.6 is 15.9 Å². The maximum atomic E-state index is 10.7. The molecule has 0 saturated heterocycles. The Morgan fingerprint density at radius 3 is 2.69 bits per heavy atom. The second kappa shape index (κ2) is 3.46. The molecule has 0 saturated carbocycles. The van der Waals surface area contributed by atoms with E-state index < -0.39 is 5.97 Å². The maximum absolute atomic E-state index is 10.7. The van der Waals surface area contributed by atoms with Gasteiger partial charge in [0.1, 0.15) is 6.07 Å². The molecule has 0 atom stereocenters. The van der Waals surface area contributed by atoms with Gasteiger partial charge in [0.2, 0.25) is 0 Å². The first-order valence-corrected chi connectivity index (χ1v) is 4.08. The molecule has 0 aromatic heterocycles. The second-order valence-electron chi connectivity index (χ2n) is 2.33. The van der Waals surface area contributed by atoms with E-state index in [1.807, 2.05) is 0 Å². The summed E-state index contributed by atoms with van der Waals surface area (Å²) in [4.78, 5) is 10.7. The molecule has 1 aromatic rings. The standard InChI is InChI=1S/C8H5BrN2O2/c9-4-1-5(8(12)13)6(3-10)7(11)2-4/h1-2H,11H2,(H,12,13). The molecule has 66 valence electrons. The summed E-state index contributed by atoms with van der Waals surface area (Å²) in [5.74, 6) is -1.16. The van der Waals surface area contributed by atoms with E-state index in [2.05, 4.69) is 15.9 Å². The minimum atomic E-state index is -1.16. The number of carboxylic acid groups (broad SMARTS) is 1. The monoisotopic (exact) mass is 240 g/mol. The Kier molecular flexibility index (Phi) is 2.54. The largest absolute Gasteiger partial charge is 0.478 e. The van der Waals surface area contributed by atoms with Crippen LogP contribution in [0.1, 0.15) is 15.9 Å². The van der Waals surface area contributed by atoms with Crippen molar-refractivity contribution in [2.75, 3.05) is 5.73 Å². The van der Waals surface area contributed by atoms with Crippen LogP contribution in [-0.2, 0) is 0 Å². The molecule has 0 unspecified atom stereocenters. The van der Waals surface area contributed by atoms with Gasteiger partial charge in [-0.05, 0) is 12.1 Å². The molecule has 0 aliphatic rings. The van der Waals surface area contributed by atoms with Crippen molar-refractivity contribution in [3.63, 3.8) is 0 Å². The summed E-state index contributed by atoms with van der Waals surface area (Å²) in [6.45, 7) is 0. The molecule has 4 nitrogen and oxygen atoms in total. The van der Waals surface area contributed by atoms with Gasteiger partial charge in [-0.2, -0.15) is 5.26 Å². The summed E-state index contributed by atoms with van der Waals surface area (Å²) in [6.07, 6.45) is 0. The number of nitriles is 1. The molecule has 0 fully saturated rings. The Morgan fingerprint density at radius 1 is 1.62 bits per heavy atom. The van der Waals surface area contributed by atoms with Crippen LogP contribution in [0.3, 0.4) is 0 Å². The molecule has 1 aromatic carbocycles. The first-order chi connectivity index (χ1) is 6.06. The van der Waals surface area contributed by atoms with Gasteiger partial charge in [-0.3, -0.25) is 0 Å². The van der Waals surface area contributed by atoms with Crippen LogP contribution in [-0.4, -0.2) is 11.1 Å². The zero-order valence-electron chi connectivity index (χ0n) is 6.41. The molecule has 1 rings (SSSR count). The molecule has 13 heavy (non-hydrogen) atoms. The van der Waals surface area contributed by atoms with Gasteiger partial charge in [-0.15, -0.1) is 0 Å². The number of benzene rings is 1. The highest BCUT2D eigenvalue weighted by Gasteiger charge is 2.13. The lowest BCUT2D eigenvalue weighted by atomic mass is 10.1. The second-order valence-corrected chi connectivity index (χ2v) is 3.25. The number of hydrogen-bond donors (Lipinski definition) is 2. The van der Waals surface area contributed by atoms with E-state index in [1.165, 1.54) is 12.1 Å². The number of hydrogen-bond acceptors (Lipinski definition) is 3. The van der Waals surface area contributed by atoms with Crippen molar-refractivity contribution in [2.24, 2.45) is 0 Å². The Hall–Kier alpha value is -1.54.